The molecule has 0 aliphatic carbocycles. The highest BCUT2D eigenvalue weighted by molar-refractivity contribution is 7.89. The first kappa shape index (κ1) is 20.9. The van der Waals surface area contributed by atoms with E-state index in [2.05, 4.69) is 9.46 Å². The summed E-state index contributed by atoms with van der Waals surface area (Å²) < 4.78 is 32.0. The van der Waals surface area contributed by atoms with E-state index >= 15 is 0 Å². The van der Waals surface area contributed by atoms with E-state index in [0.717, 1.165) is 0 Å². The highest BCUT2D eigenvalue weighted by atomic mass is 35.5. The first-order valence-corrected chi connectivity index (χ1v) is 8.25. The number of hydrogen-bond acceptors (Lipinski definition) is 5. The SMILES string of the molecule is CCC(CC)(CN)NS(=O)(=O)c1ccc(C(=O)OC)cc1.Cl. The molecular weight excluding hydrogens is 328 g/mol. The van der Waals surface area contributed by atoms with Gasteiger partial charge in [0.05, 0.1) is 17.6 Å². The van der Waals surface area contributed by atoms with Gasteiger partial charge < -0.3 is 10.5 Å². The lowest BCUT2D eigenvalue weighted by Gasteiger charge is -2.31. The fourth-order valence-electron chi connectivity index (χ4n) is 1.96. The number of sulfonamides is 1. The Labute approximate surface area is 137 Å². The first-order valence-electron chi connectivity index (χ1n) is 6.76. The monoisotopic (exact) mass is 350 g/mol. The van der Waals surface area contributed by atoms with Crippen LogP contribution in [-0.4, -0.2) is 33.6 Å². The van der Waals surface area contributed by atoms with Crippen LogP contribution >= 0.6 is 12.4 Å². The fourth-order valence-corrected chi connectivity index (χ4v) is 3.51. The third-order valence-electron chi connectivity index (χ3n) is 3.68. The van der Waals surface area contributed by atoms with E-state index in [-0.39, 0.29) is 23.8 Å². The summed E-state index contributed by atoms with van der Waals surface area (Å²) >= 11 is 0. The van der Waals surface area contributed by atoms with Gasteiger partial charge in [-0.15, -0.1) is 12.4 Å². The number of ether oxygens (including phenoxy) is 1. The molecule has 1 aromatic rings. The average molecular weight is 351 g/mol. The summed E-state index contributed by atoms with van der Waals surface area (Å²) in [4.78, 5) is 11.4. The van der Waals surface area contributed by atoms with Crippen LogP contribution in [0.4, 0.5) is 0 Å². The quantitative estimate of drug-likeness (QED) is 0.729. The van der Waals surface area contributed by atoms with Crippen molar-refractivity contribution in [1.29, 1.82) is 0 Å². The van der Waals surface area contributed by atoms with E-state index in [0.29, 0.717) is 18.4 Å². The average Bonchev–Trinajstić information content (AvgIpc) is 2.52. The Balaban J connectivity index is 0.00000441. The van der Waals surface area contributed by atoms with Gasteiger partial charge in [0, 0.05) is 12.1 Å². The zero-order chi connectivity index (χ0) is 16.1. The standard InChI is InChI=1S/C14H22N2O4S.ClH/c1-4-14(5-2,10-15)16-21(18,19)12-8-6-11(7-9-12)13(17)20-3;/h6-9,16H,4-5,10,15H2,1-3H3;1H. The highest BCUT2D eigenvalue weighted by Gasteiger charge is 2.30. The molecule has 3 N–H and O–H groups in total. The molecule has 0 spiro atoms. The lowest BCUT2D eigenvalue weighted by Crippen LogP contribution is -2.52. The maximum absolute atomic E-state index is 12.4. The number of nitrogens with two attached hydrogens (primary N) is 1. The van der Waals surface area contributed by atoms with E-state index in [1.807, 2.05) is 13.8 Å². The van der Waals surface area contributed by atoms with Crippen molar-refractivity contribution in [3.05, 3.63) is 29.8 Å². The molecule has 22 heavy (non-hydrogen) atoms. The maximum atomic E-state index is 12.4. The van der Waals surface area contributed by atoms with Gasteiger partial charge in [-0.05, 0) is 37.1 Å². The van der Waals surface area contributed by atoms with Crippen LogP contribution < -0.4 is 10.5 Å². The molecule has 0 amide bonds. The van der Waals surface area contributed by atoms with Crippen LogP contribution in [0.1, 0.15) is 37.0 Å². The van der Waals surface area contributed by atoms with Gasteiger partial charge in [0.2, 0.25) is 10.0 Å². The van der Waals surface area contributed by atoms with Gasteiger partial charge in [-0.3, -0.25) is 0 Å². The van der Waals surface area contributed by atoms with Crippen LogP contribution in [0.3, 0.4) is 0 Å². The van der Waals surface area contributed by atoms with Crippen molar-refractivity contribution >= 4 is 28.4 Å². The Morgan fingerprint density at radius 1 is 1.23 bits per heavy atom. The van der Waals surface area contributed by atoms with Gasteiger partial charge in [-0.25, -0.2) is 17.9 Å². The van der Waals surface area contributed by atoms with E-state index in [1.165, 1.54) is 31.4 Å². The molecule has 0 heterocycles. The molecular formula is C14H23ClN2O4S. The summed E-state index contributed by atoms with van der Waals surface area (Å²) in [6.07, 6.45) is 1.19. The normalized spacial score (nSPS) is 11.6. The van der Waals surface area contributed by atoms with Crippen molar-refractivity contribution < 1.29 is 17.9 Å². The molecule has 1 aromatic carbocycles. The number of halogens is 1. The molecule has 0 atom stereocenters. The van der Waals surface area contributed by atoms with Gasteiger partial charge in [-0.2, -0.15) is 0 Å². The number of rotatable bonds is 7. The van der Waals surface area contributed by atoms with Crippen molar-refractivity contribution in [2.45, 2.75) is 37.1 Å². The van der Waals surface area contributed by atoms with Crippen LogP contribution in [0.5, 0.6) is 0 Å². The number of carbonyl (C=O) groups is 1. The van der Waals surface area contributed by atoms with E-state index in [1.54, 1.807) is 0 Å². The summed E-state index contributed by atoms with van der Waals surface area (Å²) in [6.45, 7) is 4.00. The molecule has 0 aliphatic rings. The number of nitrogens with one attached hydrogen (secondary N) is 1. The lowest BCUT2D eigenvalue weighted by molar-refractivity contribution is 0.0600. The van der Waals surface area contributed by atoms with Crippen LogP contribution in [0.15, 0.2) is 29.2 Å². The Kier molecular flexibility index (Phi) is 8.03. The molecule has 0 unspecified atom stereocenters. The second-order valence-corrected chi connectivity index (χ2v) is 6.50. The summed E-state index contributed by atoms with van der Waals surface area (Å²) in [5.74, 6) is -0.509. The second kappa shape index (κ2) is 8.47. The Morgan fingerprint density at radius 3 is 2.09 bits per heavy atom. The van der Waals surface area contributed by atoms with Crippen molar-refractivity contribution in [3.63, 3.8) is 0 Å². The minimum absolute atomic E-state index is 0. The van der Waals surface area contributed by atoms with E-state index in [4.69, 9.17) is 5.73 Å². The highest BCUT2D eigenvalue weighted by Crippen LogP contribution is 2.19. The van der Waals surface area contributed by atoms with Crippen LogP contribution in [-0.2, 0) is 14.8 Å². The summed E-state index contributed by atoms with van der Waals surface area (Å²) in [6, 6.07) is 5.59. The molecule has 0 saturated heterocycles. The number of methoxy groups -OCH3 is 1. The van der Waals surface area contributed by atoms with Crippen molar-refractivity contribution in [2.75, 3.05) is 13.7 Å². The summed E-state index contributed by atoms with van der Waals surface area (Å²) in [7, 11) is -2.42. The van der Waals surface area contributed by atoms with E-state index < -0.39 is 21.5 Å². The zero-order valence-corrected chi connectivity index (χ0v) is 14.6. The van der Waals surface area contributed by atoms with Crippen molar-refractivity contribution in [2.24, 2.45) is 5.73 Å². The largest absolute Gasteiger partial charge is 0.465 e. The summed E-state index contributed by atoms with van der Waals surface area (Å²) in [5, 5.41) is 0. The minimum atomic E-state index is -3.69. The predicted molar refractivity (Wildman–Crippen MR) is 87.7 cm³/mol. The van der Waals surface area contributed by atoms with Gasteiger partial charge in [-0.1, -0.05) is 13.8 Å². The third-order valence-corrected chi connectivity index (χ3v) is 5.28. The van der Waals surface area contributed by atoms with Crippen molar-refractivity contribution in [3.8, 4) is 0 Å². The van der Waals surface area contributed by atoms with Crippen molar-refractivity contribution in [1.82, 2.24) is 4.72 Å². The lowest BCUT2D eigenvalue weighted by atomic mass is 9.95. The molecule has 1 rings (SSSR count). The topological polar surface area (TPSA) is 98.5 Å². The van der Waals surface area contributed by atoms with Gasteiger partial charge in [0.1, 0.15) is 0 Å². The zero-order valence-electron chi connectivity index (χ0n) is 13.0. The predicted octanol–water partition coefficient (Wildman–Crippen LogP) is 1.69. The number of hydrogen-bond donors (Lipinski definition) is 2. The Morgan fingerprint density at radius 2 is 1.73 bits per heavy atom. The molecule has 0 radical (unpaired) electrons. The van der Waals surface area contributed by atoms with Crippen LogP contribution in [0.25, 0.3) is 0 Å². The smallest absolute Gasteiger partial charge is 0.337 e. The molecule has 0 fully saturated rings. The molecule has 0 saturated carbocycles. The fraction of sp³-hybridized carbons (Fsp3) is 0.500. The molecule has 6 nitrogen and oxygen atoms in total. The number of benzene rings is 1. The molecule has 126 valence electrons. The van der Waals surface area contributed by atoms with Gasteiger partial charge in [0.15, 0.2) is 0 Å². The third kappa shape index (κ3) is 4.67. The summed E-state index contributed by atoms with van der Waals surface area (Å²) in [5.41, 5.74) is 5.35. The minimum Gasteiger partial charge on any atom is -0.465 e. The van der Waals surface area contributed by atoms with Crippen LogP contribution in [0, 0.1) is 0 Å². The van der Waals surface area contributed by atoms with Gasteiger partial charge >= 0.3 is 5.97 Å². The van der Waals surface area contributed by atoms with Crippen LogP contribution in [0.2, 0.25) is 0 Å². The maximum Gasteiger partial charge on any atom is 0.337 e. The van der Waals surface area contributed by atoms with E-state index in [9.17, 15) is 13.2 Å². The molecule has 0 bridgehead atoms. The number of esters is 1. The first-order chi connectivity index (χ1) is 9.84. The number of carbonyl (C=O) groups excluding carboxylic acids is 1. The second-order valence-electron chi connectivity index (χ2n) is 4.81. The Bertz CT molecular complexity index is 575. The molecule has 8 heteroatoms. The van der Waals surface area contributed by atoms with Gasteiger partial charge in [0.25, 0.3) is 0 Å². The molecule has 0 aliphatic heterocycles. The molecule has 0 aromatic heterocycles. The Hall–Kier alpha value is -1.15.